The molecule has 0 fully saturated rings. The molecule has 1 atom stereocenters. The molecule has 2 amide bonds. The summed E-state index contributed by atoms with van der Waals surface area (Å²) < 4.78 is 13.1. The van der Waals surface area contributed by atoms with Gasteiger partial charge in [0.05, 0.1) is 5.75 Å². The van der Waals surface area contributed by atoms with Crippen molar-refractivity contribution in [3.8, 4) is 0 Å². The molecular weight excluding hydrogens is 470 g/mol. The zero-order chi connectivity index (χ0) is 23.9. The number of nitrogens with one attached hydrogen (secondary N) is 1. The minimum absolute atomic E-state index is 0.168. The van der Waals surface area contributed by atoms with E-state index in [-0.39, 0.29) is 29.9 Å². The van der Waals surface area contributed by atoms with Crippen LogP contribution in [-0.2, 0) is 21.9 Å². The molecule has 0 radical (unpaired) electrons. The van der Waals surface area contributed by atoms with Crippen molar-refractivity contribution >= 4 is 46.8 Å². The summed E-state index contributed by atoms with van der Waals surface area (Å²) in [4.78, 5) is 27.8. The molecule has 32 heavy (non-hydrogen) atoms. The van der Waals surface area contributed by atoms with E-state index >= 15 is 0 Å². The summed E-state index contributed by atoms with van der Waals surface area (Å²) in [5, 5.41) is 3.92. The quantitative estimate of drug-likeness (QED) is 0.455. The molecule has 2 aromatic carbocycles. The Morgan fingerprint density at radius 2 is 1.78 bits per heavy atom. The standard InChI is InChI=1S/C24H29Cl2FN2O2S/c1-5-21(23(31)28-24(2,3)4)29(13-17-8-9-18(25)12-20(17)26)22(30)15-32-14-16-6-10-19(27)11-7-16/h6-12,21H,5,13-15H2,1-4H3,(H,28,31)/t21-/m0/s1. The van der Waals surface area contributed by atoms with Gasteiger partial charge in [-0.05, 0) is 62.6 Å². The van der Waals surface area contributed by atoms with Gasteiger partial charge in [-0.1, -0.05) is 48.3 Å². The molecule has 0 spiro atoms. The Labute approximate surface area is 203 Å². The number of carbonyl (C=O) groups excluding carboxylic acids is 2. The number of benzene rings is 2. The third kappa shape index (κ3) is 8.30. The van der Waals surface area contributed by atoms with Crippen LogP contribution in [0, 0.1) is 5.82 Å². The van der Waals surface area contributed by atoms with Crippen LogP contribution in [0.25, 0.3) is 0 Å². The molecule has 0 heterocycles. The third-order valence-corrected chi connectivity index (χ3v) is 6.22. The Kier molecular flexibility index (Phi) is 9.86. The molecule has 0 aliphatic carbocycles. The average Bonchev–Trinajstić information content (AvgIpc) is 2.69. The van der Waals surface area contributed by atoms with Crippen molar-refractivity contribution < 1.29 is 14.0 Å². The number of halogens is 3. The van der Waals surface area contributed by atoms with E-state index in [9.17, 15) is 14.0 Å². The minimum Gasteiger partial charge on any atom is -0.350 e. The van der Waals surface area contributed by atoms with E-state index in [1.807, 2.05) is 27.7 Å². The molecule has 4 nitrogen and oxygen atoms in total. The Morgan fingerprint density at radius 1 is 1.12 bits per heavy atom. The molecular formula is C24H29Cl2FN2O2S. The van der Waals surface area contributed by atoms with Gasteiger partial charge >= 0.3 is 0 Å². The molecule has 0 aliphatic rings. The van der Waals surface area contributed by atoms with Crippen LogP contribution < -0.4 is 5.32 Å². The van der Waals surface area contributed by atoms with Gasteiger partial charge in [-0.25, -0.2) is 4.39 Å². The highest BCUT2D eigenvalue weighted by Gasteiger charge is 2.30. The molecule has 0 bridgehead atoms. The second kappa shape index (κ2) is 11.9. The van der Waals surface area contributed by atoms with Crippen molar-refractivity contribution in [2.24, 2.45) is 0 Å². The summed E-state index contributed by atoms with van der Waals surface area (Å²) in [7, 11) is 0. The molecule has 8 heteroatoms. The predicted molar refractivity (Wildman–Crippen MR) is 132 cm³/mol. The maximum Gasteiger partial charge on any atom is 0.243 e. The van der Waals surface area contributed by atoms with E-state index in [1.165, 1.54) is 23.9 Å². The number of thioether (sulfide) groups is 1. The maximum absolute atomic E-state index is 13.2. The topological polar surface area (TPSA) is 49.4 Å². The molecule has 0 aliphatic heterocycles. The van der Waals surface area contributed by atoms with Gasteiger partial charge in [0.2, 0.25) is 11.8 Å². The smallest absolute Gasteiger partial charge is 0.243 e. The second-order valence-electron chi connectivity index (χ2n) is 8.54. The number of carbonyl (C=O) groups is 2. The molecule has 174 valence electrons. The van der Waals surface area contributed by atoms with Crippen LogP contribution in [0.3, 0.4) is 0 Å². The minimum atomic E-state index is -0.639. The lowest BCUT2D eigenvalue weighted by Crippen LogP contribution is -2.53. The SMILES string of the molecule is CC[C@@H](C(=O)NC(C)(C)C)N(Cc1ccc(Cl)cc1Cl)C(=O)CSCc1ccc(F)cc1. The zero-order valence-electron chi connectivity index (χ0n) is 18.8. The molecule has 0 saturated heterocycles. The fourth-order valence-electron chi connectivity index (χ4n) is 3.13. The second-order valence-corrected chi connectivity index (χ2v) is 10.4. The van der Waals surface area contributed by atoms with Gasteiger partial charge < -0.3 is 10.2 Å². The van der Waals surface area contributed by atoms with E-state index in [0.29, 0.717) is 22.2 Å². The first kappa shape index (κ1) is 26.5. The van der Waals surface area contributed by atoms with Crippen molar-refractivity contribution in [1.29, 1.82) is 0 Å². The zero-order valence-corrected chi connectivity index (χ0v) is 21.1. The molecule has 0 saturated carbocycles. The fraction of sp³-hybridized carbons (Fsp3) is 0.417. The molecule has 1 N–H and O–H groups in total. The number of rotatable bonds is 9. The Morgan fingerprint density at radius 3 is 2.34 bits per heavy atom. The summed E-state index contributed by atoms with van der Waals surface area (Å²) in [6.45, 7) is 7.78. The maximum atomic E-state index is 13.2. The van der Waals surface area contributed by atoms with Gasteiger partial charge in [0, 0.05) is 27.9 Å². The van der Waals surface area contributed by atoms with Crippen LogP contribution in [0.5, 0.6) is 0 Å². The van der Waals surface area contributed by atoms with Gasteiger partial charge in [-0.3, -0.25) is 9.59 Å². The number of hydrogen-bond donors (Lipinski definition) is 1. The first-order valence-electron chi connectivity index (χ1n) is 10.4. The Hall–Kier alpha value is -1.76. The van der Waals surface area contributed by atoms with Gasteiger partial charge in [0.15, 0.2) is 0 Å². The lowest BCUT2D eigenvalue weighted by Gasteiger charge is -2.33. The van der Waals surface area contributed by atoms with Crippen molar-refractivity contribution in [3.63, 3.8) is 0 Å². The highest BCUT2D eigenvalue weighted by Crippen LogP contribution is 2.25. The van der Waals surface area contributed by atoms with Gasteiger partial charge in [0.25, 0.3) is 0 Å². The normalized spacial score (nSPS) is 12.3. The van der Waals surface area contributed by atoms with Gasteiger partial charge in [0.1, 0.15) is 11.9 Å². The number of nitrogens with zero attached hydrogens (tertiary/aromatic N) is 1. The van der Waals surface area contributed by atoms with Crippen LogP contribution >= 0.6 is 35.0 Å². The number of hydrogen-bond acceptors (Lipinski definition) is 3. The molecule has 0 unspecified atom stereocenters. The highest BCUT2D eigenvalue weighted by molar-refractivity contribution is 7.99. The van der Waals surface area contributed by atoms with Gasteiger partial charge in [-0.2, -0.15) is 0 Å². The third-order valence-electron chi connectivity index (χ3n) is 4.65. The van der Waals surface area contributed by atoms with E-state index < -0.39 is 11.6 Å². The van der Waals surface area contributed by atoms with Gasteiger partial charge in [-0.15, -0.1) is 11.8 Å². The molecule has 0 aromatic heterocycles. The van der Waals surface area contributed by atoms with Crippen molar-refractivity contribution in [2.45, 2.75) is 58.0 Å². The van der Waals surface area contributed by atoms with Crippen molar-refractivity contribution in [1.82, 2.24) is 10.2 Å². The monoisotopic (exact) mass is 498 g/mol. The van der Waals surface area contributed by atoms with Crippen LogP contribution in [0.4, 0.5) is 4.39 Å². The van der Waals surface area contributed by atoms with E-state index in [1.54, 1.807) is 35.2 Å². The van der Waals surface area contributed by atoms with Crippen LogP contribution in [-0.4, -0.2) is 34.0 Å². The molecule has 2 rings (SSSR count). The Balaban J connectivity index is 2.19. The van der Waals surface area contributed by atoms with Crippen LogP contribution in [0.1, 0.15) is 45.2 Å². The summed E-state index contributed by atoms with van der Waals surface area (Å²) in [6.07, 6.45) is 0.460. The summed E-state index contributed by atoms with van der Waals surface area (Å²) in [5.74, 6) is 0.0755. The number of amides is 2. The largest absolute Gasteiger partial charge is 0.350 e. The Bertz CT molecular complexity index is 933. The summed E-state index contributed by atoms with van der Waals surface area (Å²) >= 11 is 13.8. The van der Waals surface area contributed by atoms with E-state index in [0.717, 1.165) is 11.1 Å². The predicted octanol–water partition coefficient (Wildman–Crippen LogP) is 6.09. The summed E-state index contributed by atoms with van der Waals surface area (Å²) in [6, 6.07) is 10.7. The summed E-state index contributed by atoms with van der Waals surface area (Å²) in [5.41, 5.74) is 1.22. The van der Waals surface area contributed by atoms with Crippen LogP contribution in [0.15, 0.2) is 42.5 Å². The lowest BCUT2D eigenvalue weighted by molar-refractivity contribution is -0.140. The van der Waals surface area contributed by atoms with Crippen molar-refractivity contribution in [3.05, 3.63) is 69.5 Å². The average molecular weight is 499 g/mol. The highest BCUT2D eigenvalue weighted by atomic mass is 35.5. The fourth-order valence-corrected chi connectivity index (χ4v) is 4.46. The first-order chi connectivity index (χ1) is 15.0. The van der Waals surface area contributed by atoms with E-state index in [4.69, 9.17) is 23.2 Å². The van der Waals surface area contributed by atoms with Crippen molar-refractivity contribution in [2.75, 3.05) is 5.75 Å². The lowest BCUT2D eigenvalue weighted by atomic mass is 10.1. The first-order valence-corrected chi connectivity index (χ1v) is 12.3. The van der Waals surface area contributed by atoms with Crippen LogP contribution in [0.2, 0.25) is 10.0 Å². The van der Waals surface area contributed by atoms with E-state index in [2.05, 4.69) is 5.32 Å². The molecule has 2 aromatic rings.